The van der Waals surface area contributed by atoms with Crippen LogP contribution in [0.15, 0.2) is 66.7 Å². The lowest BCUT2D eigenvalue weighted by atomic mass is 10.0. The van der Waals surface area contributed by atoms with Gasteiger partial charge in [-0.2, -0.15) is 0 Å². The number of amides is 1. The van der Waals surface area contributed by atoms with Crippen LogP contribution in [0.1, 0.15) is 17.2 Å². The molecule has 5 heteroatoms. The molecule has 3 nitrogen and oxygen atoms in total. The first-order chi connectivity index (χ1) is 12.6. The van der Waals surface area contributed by atoms with Gasteiger partial charge in [-0.25, -0.2) is 8.78 Å². The number of rotatable bonds is 5. The van der Waals surface area contributed by atoms with Crippen LogP contribution in [0.4, 0.5) is 8.78 Å². The quantitative estimate of drug-likeness (QED) is 0.682. The molecule has 3 aromatic rings. The van der Waals surface area contributed by atoms with E-state index >= 15 is 0 Å². The molecule has 3 aromatic carbocycles. The first-order valence-electron chi connectivity index (χ1n) is 8.10. The van der Waals surface area contributed by atoms with Crippen molar-refractivity contribution in [3.8, 4) is 0 Å². The van der Waals surface area contributed by atoms with Crippen LogP contribution in [0.3, 0.4) is 0 Å². The van der Waals surface area contributed by atoms with Crippen molar-refractivity contribution < 1.29 is 18.7 Å². The van der Waals surface area contributed by atoms with Crippen molar-refractivity contribution in [2.75, 3.05) is 6.61 Å². The molecule has 0 unspecified atom stereocenters. The maximum atomic E-state index is 13.2. The van der Waals surface area contributed by atoms with Gasteiger partial charge < -0.3 is 10.4 Å². The van der Waals surface area contributed by atoms with Crippen molar-refractivity contribution in [3.05, 3.63) is 89.5 Å². The second-order valence-electron chi connectivity index (χ2n) is 5.86. The molecule has 132 valence electrons. The van der Waals surface area contributed by atoms with Gasteiger partial charge in [0.05, 0.1) is 12.6 Å². The maximum Gasteiger partial charge on any atom is 0.244 e. The summed E-state index contributed by atoms with van der Waals surface area (Å²) in [6, 6.07) is 16.3. The van der Waals surface area contributed by atoms with E-state index in [1.54, 1.807) is 0 Å². The summed E-state index contributed by atoms with van der Waals surface area (Å²) in [5.41, 5.74) is 1.14. The molecule has 3 rings (SSSR count). The minimum Gasteiger partial charge on any atom is -0.394 e. The maximum absolute atomic E-state index is 13.2. The molecule has 0 saturated heterocycles. The first-order valence-corrected chi connectivity index (χ1v) is 8.10. The second-order valence-corrected chi connectivity index (χ2v) is 5.86. The van der Waals surface area contributed by atoms with Crippen LogP contribution in [0, 0.1) is 11.6 Å². The van der Waals surface area contributed by atoms with Gasteiger partial charge in [0.1, 0.15) is 0 Å². The van der Waals surface area contributed by atoms with Crippen molar-refractivity contribution in [2.45, 2.75) is 6.04 Å². The number of aliphatic hydroxyl groups is 1. The number of benzene rings is 3. The Morgan fingerprint density at radius 3 is 2.50 bits per heavy atom. The lowest BCUT2D eigenvalue weighted by Gasteiger charge is -2.16. The minimum absolute atomic E-state index is 0.261. The van der Waals surface area contributed by atoms with Crippen molar-refractivity contribution in [1.82, 2.24) is 5.32 Å². The summed E-state index contributed by atoms with van der Waals surface area (Å²) in [7, 11) is 0. The van der Waals surface area contributed by atoms with E-state index in [2.05, 4.69) is 5.32 Å². The molecule has 0 aliphatic heterocycles. The van der Waals surface area contributed by atoms with Crippen LogP contribution >= 0.6 is 0 Å². The molecule has 0 aromatic heterocycles. The Kier molecular flexibility index (Phi) is 5.39. The van der Waals surface area contributed by atoms with Crippen LogP contribution in [-0.2, 0) is 4.79 Å². The smallest absolute Gasteiger partial charge is 0.244 e. The molecule has 0 spiro atoms. The normalized spacial score (nSPS) is 12.4. The molecule has 0 radical (unpaired) electrons. The van der Waals surface area contributed by atoms with E-state index in [9.17, 15) is 18.7 Å². The number of hydrogen-bond acceptors (Lipinski definition) is 2. The molecule has 1 atom stereocenters. The van der Waals surface area contributed by atoms with Gasteiger partial charge in [-0.3, -0.25) is 4.79 Å². The minimum atomic E-state index is -0.975. The van der Waals surface area contributed by atoms with Gasteiger partial charge in [0.15, 0.2) is 11.6 Å². The highest BCUT2D eigenvalue weighted by atomic mass is 19.2. The molecular weight excluding hydrogens is 336 g/mol. The molecule has 0 fully saturated rings. The lowest BCUT2D eigenvalue weighted by molar-refractivity contribution is -0.117. The summed E-state index contributed by atoms with van der Waals surface area (Å²) < 4.78 is 26.1. The predicted molar refractivity (Wildman–Crippen MR) is 97.3 cm³/mol. The molecule has 0 saturated carbocycles. The third-order valence-corrected chi connectivity index (χ3v) is 4.05. The molecule has 0 aliphatic rings. The van der Waals surface area contributed by atoms with Crippen molar-refractivity contribution in [2.24, 2.45) is 0 Å². The zero-order valence-corrected chi connectivity index (χ0v) is 13.8. The summed E-state index contributed by atoms with van der Waals surface area (Å²) in [5, 5.41) is 14.4. The first kappa shape index (κ1) is 17.8. The molecule has 2 N–H and O–H groups in total. The van der Waals surface area contributed by atoms with Gasteiger partial charge in [0.2, 0.25) is 5.91 Å². The Hall–Kier alpha value is -3.05. The largest absolute Gasteiger partial charge is 0.394 e. The van der Waals surface area contributed by atoms with Crippen LogP contribution in [0.2, 0.25) is 0 Å². The average Bonchev–Trinajstić information content (AvgIpc) is 2.66. The van der Waals surface area contributed by atoms with Crippen molar-refractivity contribution >= 4 is 22.8 Å². The Morgan fingerprint density at radius 2 is 1.77 bits per heavy atom. The van der Waals surface area contributed by atoms with E-state index in [0.717, 1.165) is 28.5 Å². The number of carbonyl (C=O) groups is 1. The second kappa shape index (κ2) is 7.89. The van der Waals surface area contributed by atoms with E-state index in [1.165, 1.54) is 18.2 Å². The zero-order chi connectivity index (χ0) is 18.5. The molecule has 0 bridgehead atoms. The SMILES string of the molecule is O=C(C=Cc1ccc(F)c(F)c1)N[C@@H](CO)c1ccc2ccccc2c1. The average molecular weight is 353 g/mol. The number of halogens is 2. The number of nitrogens with one attached hydrogen (secondary N) is 1. The van der Waals surface area contributed by atoms with E-state index in [0.29, 0.717) is 5.56 Å². The van der Waals surface area contributed by atoms with Crippen molar-refractivity contribution in [1.29, 1.82) is 0 Å². The summed E-state index contributed by atoms with van der Waals surface area (Å²) >= 11 is 0. The zero-order valence-electron chi connectivity index (χ0n) is 13.8. The Balaban J connectivity index is 1.72. The van der Waals surface area contributed by atoms with E-state index in [1.807, 2.05) is 42.5 Å². The highest BCUT2D eigenvalue weighted by molar-refractivity contribution is 5.92. The van der Waals surface area contributed by atoms with Crippen LogP contribution in [0.25, 0.3) is 16.8 Å². The third kappa shape index (κ3) is 4.13. The fourth-order valence-electron chi connectivity index (χ4n) is 2.67. The third-order valence-electron chi connectivity index (χ3n) is 4.05. The summed E-state index contributed by atoms with van der Waals surface area (Å²) in [5.74, 6) is -2.36. The number of fused-ring (bicyclic) bond motifs is 1. The standard InChI is InChI=1S/C21H17F2NO2/c22-18-9-5-14(11-19(18)23)6-10-21(26)24-20(13-25)17-8-7-15-3-1-2-4-16(15)12-17/h1-12,20,25H,13H2,(H,24,26)/t20-/m0/s1. The molecule has 0 aliphatic carbocycles. The van der Waals surface area contributed by atoms with Crippen LogP contribution in [-0.4, -0.2) is 17.6 Å². The highest BCUT2D eigenvalue weighted by Crippen LogP contribution is 2.20. The topological polar surface area (TPSA) is 49.3 Å². The van der Waals surface area contributed by atoms with E-state index in [-0.39, 0.29) is 6.61 Å². The molecule has 26 heavy (non-hydrogen) atoms. The predicted octanol–water partition coefficient (Wildman–Crippen LogP) is 3.98. The molecule has 0 heterocycles. The summed E-state index contributed by atoms with van der Waals surface area (Å²) in [6.45, 7) is -0.261. The van der Waals surface area contributed by atoms with E-state index < -0.39 is 23.6 Å². The lowest BCUT2D eigenvalue weighted by Crippen LogP contribution is -2.29. The van der Waals surface area contributed by atoms with Gasteiger partial charge in [0, 0.05) is 6.08 Å². The number of hydrogen-bond donors (Lipinski definition) is 2. The fraction of sp³-hybridized carbons (Fsp3) is 0.0952. The number of carbonyl (C=O) groups excluding carboxylic acids is 1. The summed E-state index contributed by atoms with van der Waals surface area (Å²) in [6.07, 6.45) is 2.60. The number of aliphatic hydroxyl groups excluding tert-OH is 1. The van der Waals surface area contributed by atoms with Crippen molar-refractivity contribution in [3.63, 3.8) is 0 Å². The van der Waals surface area contributed by atoms with Crippen LogP contribution < -0.4 is 5.32 Å². The van der Waals surface area contributed by atoms with Gasteiger partial charge in [-0.05, 0) is 46.2 Å². The Labute approximate surface area is 149 Å². The van der Waals surface area contributed by atoms with Gasteiger partial charge >= 0.3 is 0 Å². The fourth-order valence-corrected chi connectivity index (χ4v) is 2.67. The highest BCUT2D eigenvalue weighted by Gasteiger charge is 2.12. The van der Waals surface area contributed by atoms with Crippen LogP contribution in [0.5, 0.6) is 0 Å². The van der Waals surface area contributed by atoms with Gasteiger partial charge in [-0.15, -0.1) is 0 Å². The molecule has 1 amide bonds. The van der Waals surface area contributed by atoms with E-state index in [4.69, 9.17) is 0 Å². The Morgan fingerprint density at radius 1 is 1.00 bits per heavy atom. The Bertz CT molecular complexity index is 969. The molecular formula is C21H17F2NO2. The summed E-state index contributed by atoms with van der Waals surface area (Å²) in [4.78, 5) is 12.1. The van der Waals surface area contributed by atoms with Gasteiger partial charge in [-0.1, -0.05) is 42.5 Å². The monoisotopic (exact) mass is 353 g/mol. The van der Waals surface area contributed by atoms with Gasteiger partial charge in [0.25, 0.3) is 0 Å².